The third-order valence-corrected chi connectivity index (χ3v) is 7.08. The maximum Gasteiger partial charge on any atom is 0.281 e. The summed E-state index contributed by atoms with van der Waals surface area (Å²) in [5, 5.41) is 16.7. The van der Waals surface area contributed by atoms with Crippen LogP contribution in [0.25, 0.3) is 27.4 Å². The van der Waals surface area contributed by atoms with Gasteiger partial charge < -0.3 is 15.0 Å². The van der Waals surface area contributed by atoms with Crippen LogP contribution in [0.15, 0.2) is 105 Å². The number of benzene rings is 4. The molecule has 1 aliphatic heterocycles. The van der Waals surface area contributed by atoms with Crippen LogP contribution in [0.4, 0.5) is 11.4 Å². The zero-order chi connectivity index (χ0) is 25.7. The highest BCUT2D eigenvalue weighted by atomic mass is 32.2. The molecular formula is C29H18N2O5S. The zero-order valence-electron chi connectivity index (χ0n) is 19.1. The number of hydrogen-bond donors (Lipinski definition) is 3. The van der Waals surface area contributed by atoms with E-state index in [1.165, 1.54) is 12.1 Å². The van der Waals surface area contributed by atoms with Gasteiger partial charge in [-0.25, -0.2) is 9.19 Å². The molecule has 6 rings (SSSR count). The molecule has 180 valence electrons. The molecule has 0 spiro atoms. The first kappa shape index (κ1) is 22.8. The number of nitrogens with one attached hydrogen (secondary N) is 1. The summed E-state index contributed by atoms with van der Waals surface area (Å²) in [5.41, 5.74) is 1.06. The average molecular weight is 507 g/mol. The predicted octanol–water partition coefficient (Wildman–Crippen LogP) is 4.03. The summed E-state index contributed by atoms with van der Waals surface area (Å²) in [4.78, 5) is 31.6. The van der Waals surface area contributed by atoms with Gasteiger partial charge in [-0.3, -0.25) is 9.59 Å². The molecule has 0 aromatic heterocycles. The van der Waals surface area contributed by atoms with Gasteiger partial charge in [-0.1, -0.05) is 54.6 Å². The van der Waals surface area contributed by atoms with Crippen LogP contribution in [0, 0.1) is 10.4 Å². The fourth-order valence-electron chi connectivity index (χ4n) is 4.75. The number of anilines is 2. The normalized spacial score (nSPS) is 13.2. The van der Waals surface area contributed by atoms with Gasteiger partial charge in [0.25, 0.3) is 5.56 Å². The molecule has 4 aromatic carbocycles. The third kappa shape index (κ3) is 3.70. The molecular weight excluding hydrogens is 488 g/mol. The van der Waals surface area contributed by atoms with Crippen molar-refractivity contribution in [1.82, 2.24) is 4.98 Å². The quantitative estimate of drug-likeness (QED) is 0.309. The summed E-state index contributed by atoms with van der Waals surface area (Å²) in [7, 11) is 0. The maximum atomic E-state index is 13.8. The molecule has 0 amide bonds. The Morgan fingerprint density at radius 3 is 2.16 bits per heavy atom. The summed E-state index contributed by atoms with van der Waals surface area (Å²) >= 11 is -2.10. The lowest BCUT2D eigenvalue weighted by Gasteiger charge is -2.13. The summed E-state index contributed by atoms with van der Waals surface area (Å²) in [5.74, 6) is -0.212. The molecule has 1 atom stereocenters. The van der Waals surface area contributed by atoms with E-state index in [0.29, 0.717) is 49.1 Å². The van der Waals surface area contributed by atoms with E-state index in [4.69, 9.17) is 0 Å². The lowest BCUT2D eigenvalue weighted by Crippen LogP contribution is -2.33. The van der Waals surface area contributed by atoms with Crippen LogP contribution >= 0.6 is 0 Å². The standard InChI is InChI=1S/C29H18N2O5S/c32-27(16-6-2-1-3-7-16)26-23-19-8-4-5-9-20(19)28(33)25-22(15-14-21(24(23)25)31-29(26)34)30-17-10-12-18(13-11-17)37(35)36/h1-15,30,32H,(H,35,36). The minimum atomic E-state index is -2.10. The lowest BCUT2D eigenvalue weighted by molar-refractivity contribution is 0.506. The van der Waals surface area contributed by atoms with Crippen LogP contribution in [0.1, 0.15) is 5.56 Å². The highest BCUT2D eigenvalue weighted by molar-refractivity contribution is 7.79. The van der Waals surface area contributed by atoms with Crippen molar-refractivity contribution in [3.63, 3.8) is 0 Å². The van der Waals surface area contributed by atoms with E-state index in [1.807, 2.05) is 6.07 Å². The minimum Gasteiger partial charge on any atom is -0.506 e. The van der Waals surface area contributed by atoms with E-state index >= 15 is 0 Å². The first-order valence-corrected chi connectivity index (χ1v) is 12.5. The molecule has 0 bridgehead atoms. The molecule has 1 unspecified atom stereocenters. The molecule has 0 fully saturated rings. The molecule has 37 heavy (non-hydrogen) atoms. The second-order valence-electron chi connectivity index (χ2n) is 8.54. The fourth-order valence-corrected chi connectivity index (χ4v) is 5.12. The number of aliphatic hydroxyl groups excluding tert-OH is 1. The van der Waals surface area contributed by atoms with Crippen molar-refractivity contribution in [3.8, 4) is 0 Å². The Kier molecular flexibility index (Phi) is 5.40. The van der Waals surface area contributed by atoms with Gasteiger partial charge in [0, 0.05) is 27.1 Å². The molecule has 2 aliphatic rings. The smallest absolute Gasteiger partial charge is 0.281 e. The Labute approximate surface area is 211 Å². The van der Waals surface area contributed by atoms with Crippen LogP contribution in [0.3, 0.4) is 0 Å². The van der Waals surface area contributed by atoms with Crippen molar-refractivity contribution in [3.05, 3.63) is 133 Å². The van der Waals surface area contributed by atoms with Crippen LogP contribution < -0.4 is 21.5 Å². The molecule has 0 saturated carbocycles. The number of aromatic nitrogens is 1. The molecule has 7 nitrogen and oxygen atoms in total. The van der Waals surface area contributed by atoms with Gasteiger partial charge >= 0.3 is 0 Å². The van der Waals surface area contributed by atoms with E-state index in [9.17, 15) is 23.5 Å². The topological polar surface area (TPSA) is 117 Å². The first-order chi connectivity index (χ1) is 17.9. The predicted molar refractivity (Wildman–Crippen MR) is 144 cm³/mol. The second-order valence-corrected chi connectivity index (χ2v) is 9.51. The summed E-state index contributed by atoms with van der Waals surface area (Å²) in [6.07, 6.45) is 0. The first-order valence-electron chi connectivity index (χ1n) is 11.4. The zero-order valence-corrected chi connectivity index (χ0v) is 20.0. The highest BCUT2D eigenvalue weighted by Gasteiger charge is 2.18. The van der Waals surface area contributed by atoms with Crippen LogP contribution in [0.2, 0.25) is 0 Å². The Morgan fingerprint density at radius 2 is 1.46 bits per heavy atom. The molecule has 1 aliphatic carbocycles. The van der Waals surface area contributed by atoms with E-state index in [1.54, 1.807) is 72.8 Å². The van der Waals surface area contributed by atoms with Gasteiger partial charge in [-0.15, -0.1) is 0 Å². The molecule has 4 aromatic rings. The number of aliphatic hydroxyl groups is 1. The third-order valence-electron chi connectivity index (χ3n) is 6.41. The second kappa shape index (κ2) is 8.77. The fraction of sp³-hybridized carbons (Fsp3) is 0. The SMILES string of the molecule is O=c1nc2ccc(Nc3ccc(S(=O)O)cc3)c3c2=c(c1=C(O)c1ccccc1)c1ccccc1c3=O. The van der Waals surface area contributed by atoms with E-state index in [0.717, 1.165) is 0 Å². The highest BCUT2D eigenvalue weighted by Crippen LogP contribution is 2.27. The number of hydrogen-bond acceptors (Lipinski definition) is 6. The summed E-state index contributed by atoms with van der Waals surface area (Å²) < 4.78 is 20.6. The lowest BCUT2D eigenvalue weighted by atomic mass is 9.96. The van der Waals surface area contributed by atoms with Crippen molar-refractivity contribution in [2.45, 2.75) is 4.90 Å². The van der Waals surface area contributed by atoms with Gasteiger partial charge in [0.05, 0.1) is 26.7 Å². The number of rotatable bonds is 4. The molecule has 3 N–H and O–H groups in total. The number of nitrogens with zero attached hydrogens (tertiary/aromatic N) is 1. The molecule has 0 radical (unpaired) electrons. The largest absolute Gasteiger partial charge is 0.506 e. The van der Waals surface area contributed by atoms with Gasteiger partial charge in [0.15, 0.2) is 16.5 Å². The van der Waals surface area contributed by atoms with Crippen LogP contribution in [-0.2, 0) is 11.1 Å². The maximum absolute atomic E-state index is 13.8. The van der Waals surface area contributed by atoms with Gasteiger partial charge in [-0.2, -0.15) is 0 Å². The Hall–Kier alpha value is -4.66. The van der Waals surface area contributed by atoms with Crippen molar-refractivity contribution in [1.29, 1.82) is 0 Å². The minimum absolute atomic E-state index is 0.0341. The monoisotopic (exact) mass is 506 g/mol. The van der Waals surface area contributed by atoms with Crippen molar-refractivity contribution in [2.24, 2.45) is 0 Å². The van der Waals surface area contributed by atoms with Crippen LogP contribution in [-0.4, -0.2) is 18.9 Å². The Bertz CT molecular complexity index is 2080. The van der Waals surface area contributed by atoms with E-state index < -0.39 is 16.6 Å². The Balaban J connectivity index is 1.78. The molecule has 8 heteroatoms. The molecule has 1 heterocycles. The van der Waals surface area contributed by atoms with E-state index in [-0.39, 0.29) is 21.3 Å². The van der Waals surface area contributed by atoms with Gasteiger partial charge in [0.1, 0.15) is 5.76 Å². The van der Waals surface area contributed by atoms with Crippen LogP contribution in [0.5, 0.6) is 0 Å². The van der Waals surface area contributed by atoms with Gasteiger partial charge in [0.2, 0.25) is 0 Å². The van der Waals surface area contributed by atoms with Crippen molar-refractivity contribution < 1.29 is 13.9 Å². The van der Waals surface area contributed by atoms with Crippen molar-refractivity contribution in [2.75, 3.05) is 5.32 Å². The summed E-state index contributed by atoms with van der Waals surface area (Å²) in [6.45, 7) is 0. The number of fused-ring (bicyclic) bond motifs is 2. The Morgan fingerprint density at radius 1 is 0.784 bits per heavy atom. The van der Waals surface area contributed by atoms with E-state index in [2.05, 4.69) is 10.3 Å². The van der Waals surface area contributed by atoms with Crippen molar-refractivity contribution >= 4 is 49.9 Å². The van der Waals surface area contributed by atoms with Gasteiger partial charge in [-0.05, 0) is 41.8 Å². The summed E-state index contributed by atoms with van der Waals surface area (Å²) in [6, 6.07) is 25.4. The average Bonchev–Trinajstić information content (AvgIpc) is 2.92. The molecule has 0 saturated heterocycles.